The zero-order valence-electron chi connectivity index (χ0n) is 19.4. The van der Waals surface area contributed by atoms with E-state index in [1.165, 1.54) is 13.3 Å². The van der Waals surface area contributed by atoms with Crippen LogP contribution in [0.1, 0.15) is 11.1 Å². The third-order valence-electron chi connectivity index (χ3n) is 5.32. The Kier molecular flexibility index (Phi) is 7.05. The lowest BCUT2D eigenvalue weighted by Crippen LogP contribution is -2.09. The van der Waals surface area contributed by atoms with Crippen molar-refractivity contribution in [3.63, 3.8) is 0 Å². The summed E-state index contributed by atoms with van der Waals surface area (Å²) in [4.78, 5) is 20.6. The van der Waals surface area contributed by atoms with Gasteiger partial charge in [-0.2, -0.15) is 23.4 Å². The number of para-hydroxylation sites is 1. The predicted molar refractivity (Wildman–Crippen MR) is 132 cm³/mol. The SMILES string of the molecule is COc1ccc(-c2nn(-c3ccccc3)cc2C=NNc2c([N+](=O)[O-])cc(C(F)(F)F)cc2[N+](=O)[O-])cc1. The van der Waals surface area contributed by atoms with Crippen LogP contribution in [-0.4, -0.2) is 33.0 Å². The molecule has 14 heteroatoms. The number of anilines is 1. The number of alkyl halides is 3. The van der Waals surface area contributed by atoms with E-state index in [2.05, 4.69) is 15.6 Å². The van der Waals surface area contributed by atoms with Gasteiger partial charge in [0.1, 0.15) is 11.4 Å². The van der Waals surface area contributed by atoms with Crippen LogP contribution in [0, 0.1) is 20.2 Å². The van der Waals surface area contributed by atoms with Gasteiger partial charge in [-0.3, -0.25) is 25.7 Å². The number of methoxy groups -OCH3 is 1. The maximum Gasteiger partial charge on any atom is 0.416 e. The van der Waals surface area contributed by atoms with E-state index < -0.39 is 38.6 Å². The molecule has 38 heavy (non-hydrogen) atoms. The van der Waals surface area contributed by atoms with Crippen molar-refractivity contribution in [2.45, 2.75) is 6.18 Å². The van der Waals surface area contributed by atoms with E-state index in [0.29, 0.717) is 28.3 Å². The molecule has 0 radical (unpaired) electrons. The zero-order valence-corrected chi connectivity index (χ0v) is 19.4. The normalized spacial score (nSPS) is 11.5. The Bertz CT molecular complexity index is 1480. The molecule has 0 aliphatic carbocycles. The van der Waals surface area contributed by atoms with Crippen molar-refractivity contribution in [3.8, 4) is 22.7 Å². The molecule has 1 heterocycles. The number of nitro groups is 2. The Morgan fingerprint density at radius 2 is 1.61 bits per heavy atom. The molecule has 4 rings (SSSR count). The molecule has 11 nitrogen and oxygen atoms in total. The van der Waals surface area contributed by atoms with Crippen molar-refractivity contribution in [2.24, 2.45) is 5.10 Å². The van der Waals surface area contributed by atoms with Gasteiger partial charge in [0.05, 0.1) is 34.4 Å². The molecule has 0 fully saturated rings. The van der Waals surface area contributed by atoms with E-state index in [1.807, 2.05) is 18.2 Å². The van der Waals surface area contributed by atoms with Crippen molar-refractivity contribution < 1.29 is 27.8 Å². The van der Waals surface area contributed by atoms with Crippen LogP contribution >= 0.6 is 0 Å². The van der Waals surface area contributed by atoms with Gasteiger partial charge in [-0.1, -0.05) is 18.2 Å². The van der Waals surface area contributed by atoms with Gasteiger partial charge in [-0.25, -0.2) is 4.68 Å². The van der Waals surface area contributed by atoms with E-state index in [0.717, 1.165) is 0 Å². The van der Waals surface area contributed by atoms with Gasteiger partial charge in [0.15, 0.2) is 0 Å². The van der Waals surface area contributed by atoms with Crippen LogP contribution in [0.3, 0.4) is 0 Å². The summed E-state index contributed by atoms with van der Waals surface area (Å²) in [6.07, 6.45) is -2.22. The fourth-order valence-corrected chi connectivity index (χ4v) is 3.51. The van der Waals surface area contributed by atoms with Gasteiger partial charge in [0.2, 0.25) is 5.69 Å². The Hall–Kier alpha value is -5.27. The predicted octanol–water partition coefficient (Wildman–Crippen LogP) is 5.83. The molecular formula is C24H17F3N6O5. The molecule has 0 unspecified atom stereocenters. The van der Waals surface area contributed by atoms with Crippen LogP contribution in [0.2, 0.25) is 0 Å². The molecule has 0 bridgehead atoms. The topological polar surface area (TPSA) is 138 Å². The molecule has 0 saturated carbocycles. The minimum absolute atomic E-state index is 0.209. The first-order valence-electron chi connectivity index (χ1n) is 10.7. The summed E-state index contributed by atoms with van der Waals surface area (Å²) in [5, 5.41) is 31.4. The number of aromatic nitrogens is 2. The van der Waals surface area contributed by atoms with E-state index >= 15 is 0 Å². The number of rotatable bonds is 8. The van der Waals surface area contributed by atoms with E-state index in [1.54, 1.807) is 47.3 Å². The summed E-state index contributed by atoms with van der Waals surface area (Å²) in [5.74, 6) is 0.607. The first kappa shape index (κ1) is 25.8. The molecule has 0 aliphatic heterocycles. The first-order valence-corrected chi connectivity index (χ1v) is 10.7. The summed E-state index contributed by atoms with van der Waals surface area (Å²) in [6.45, 7) is 0. The van der Waals surface area contributed by atoms with Crippen LogP contribution in [0.4, 0.5) is 30.2 Å². The lowest BCUT2D eigenvalue weighted by Gasteiger charge is -2.09. The summed E-state index contributed by atoms with van der Waals surface area (Å²) in [7, 11) is 1.52. The number of nitrogens with one attached hydrogen (secondary N) is 1. The monoisotopic (exact) mass is 526 g/mol. The van der Waals surface area contributed by atoms with Crippen LogP contribution in [0.15, 0.2) is 78.0 Å². The van der Waals surface area contributed by atoms with Crippen LogP contribution < -0.4 is 10.2 Å². The fourth-order valence-electron chi connectivity index (χ4n) is 3.51. The largest absolute Gasteiger partial charge is 0.497 e. The molecule has 194 valence electrons. The minimum atomic E-state index is -5.03. The van der Waals surface area contributed by atoms with Crippen molar-refractivity contribution in [1.82, 2.24) is 9.78 Å². The van der Waals surface area contributed by atoms with Crippen molar-refractivity contribution in [3.05, 3.63) is 104 Å². The molecule has 3 aromatic carbocycles. The summed E-state index contributed by atoms with van der Waals surface area (Å²) >= 11 is 0. The molecule has 0 atom stereocenters. The van der Waals surface area contributed by atoms with Crippen molar-refractivity contribution >= 4 is 23.3 Å². The maximum atomic E-state index is 13.2. The Labute approximate surface area is 212 Å². The maximum absolute atomic E-state index is 13.2. The van der Waals surface area contributed by atoms with Gasteiger partial charge in [-0.15, -0.1) is 0 Å². The zero-order chi connectivity index (χ0) is 27.4. The lowest BCUT2D eigenvalue weighted by molar-refractivity contribution is -0.392. The number of hydrogen-bond acceptors (Lipinski definition) is 8. The smallest absolute Gasteiger partial charge is 0.416 e. The Morgan fingerprint density at radius 3 is 2.13 bits per heavy atom. The number of hydrogen-bond donors (Lipinski definition) is 1. The van der Waals surface area contributed by atoms with Gasteiger partial charge in [0, 0.05) is 29.5 Å². The molecule has 1 aromatic heterocycles. The highest BCUT2D eigenvalue weighted by Crippen LogP contribution is 2.41. The minimum Gasteiger partial charge on any atom is -0.497 e. The highest BCUT2D eigenvalue weighted by Gasteiger charge is 2.37. The fraction of sp³-hybridized carbons (Fsp3) is 0.0833. The summed E-state index contributed by atoms with van der Waals surface area (Å²) < 4.78 is 46.2. The first-order chi connectivity index (χ1) is 18.1. The van der Waals surface area contributed by atoms with E-state index in [9.17, 15) is 33.4 Å². The Morgan fingerprint density at radius 1 is 1.00 bits per heavy atom. The van der Waals surface area contributed by atoms with Crippen molar-refractivity contribution in [2.75, 3.05) is 12.5 Å². The summed E-state index contributed by atoms with van der Waals surface area (Å²) in [6, 6.07) is 16.4. The van der Waals surface area contributed by atoms with Gasteiger partial charge in [0.25, 0.3) is 0 Å². The average Bonchev–Trinajstić information content (AvgIpc) is 3.32. The van der Waals surface area contributed by atoms with Crippen LogP contribution in [0.5, 0.6) is 5.75 Å². The Balaban J connectivity index is 1.77. The number of halogens is 3. The number of nitro benzene ring substituents is 2. The molecule has 0 amide bonds. The molecule has 0 spiro atoms. The number of hydrazone groups is 1. The van der Waals surface area contributed by atoms with Gasteiger partial charge < -0.3 is 4.74 Å². The summed E-state index contributed by atoms with van der Waals surface area (Å²) in [5.41, 5.74) is -0.238. The second-order valence-electron chi connectivity index (χ2n) is 7.71. The van der Waals surface area contributed by atoms with Crippen LogP contribution in [-0.2, 0) is 6.18 Å². The lowest BCUT2D eigenvalue weighted by atomic mass is 10.1. The second kappa shape index (κ2) is 10.4. The second-order valence-corrected chi connectivity index (χ2v) is 7.71. The molecule has 4 aromatic rings. The quantitative estimate of drug-likeness (QED) is 0.173. The van der Waals surface area contributed by atoms with E-state index in [4.69, 9.17) is 4.74 Å². The van der Waals surface area contributed by atoms with Crippen LogP contribution in [0.25, 0.3) is 16.9 Å². The number of nitrogens with zero attached hydrogens (tertiary/aromatic N) is 5. The third-order valence-corrected chi connectivity index (χ3v) is 5.32. The molecule has 1 N–H and O–H groups in total. The third kappa shape index (κ3) is 5.43. The number of ether oxygens (including phenoxy) is 1. The highest BCUT2D eigenvalue weighted by atomic mass is 19.4. The standard InChI is InChI=1S/C24H17F3N6O5/c1-38-19-9-7-15(8-10-19)22-16(14-31(30-22)18-5-3-2-4-6-18)13-28-29-23-20(32(34)35)11-17(24(25,26)27)12-21(23)33(36)37/h2-14,29H,1H3. The van der Waals surface area contributed by atoms with Crippen molar-refractivity contribution in [1.29, 1.82) is 0 Å². The molecular weight excluding hydrogens is 509 g/mol. The van der Waals surface area contributed by atoms with Gasteiger partial charge in [-0.05, 0) is 36.4 Å². The molecule has 0 saturated heterocycles. The highest BCUT2D eigenvalue weighted by molar-refractivity contribution is 5.89. The van der Waals surface area contributed by atoms with Gasteiger partial charge >= 0.3 is 17.6 Å². The average molecular weight is 526 g/mol. The van der Waals surface area contributed by atoms with E-state index in [-0.39, 0.29) is 12.1 Å². The number of benzene rings is 3. The molecule has 0 aliphatic rings.